The van der Waals surface area contributed by atoms with Gasteiger partial charge in [-0.1, -0.05) is 6.07 Å². The molecule has 0 unspecified atom stereocenters. The molecular formula is C17H19N3O4S2. The average molecular weight is 393 g/mol. The second-order valence-electron chi connectivity index (χ2n) is 6.07. The Bertz CT molecular complexity index is 893. The van der Waals surface area contributed by atoms with Crippen molar-refractivity contribution in [3.8, 4) is 0 Å². The molecule has 0 bridgehead atoms. The minimum absolute atomic E-state index is 0.158. The van der Waals surface area contributed by atoms with E-state index in [1.165, 1.54) is 27.8 Å². The molecule has 1 fully saturated rings. The van der Waals surface area contributed by atoms with Gasteiger partial charge in [-0.3, -0.25) is 9.59 Å². The Morgan fingerprint density at radius 1 is 1.19 bits per heavy atom. The van der Waals surface area contributed by atoms with E-state index in [1.54, 1.807) is 29.6 Å². The number of nitrogens with one attached hydrogen (secondary N) is 1. The van der Waals surface area contributed by atoms with Crippen molar-refractivity contribution >= 4 is 38.9 Å². The summed E-state index contributed by atoms with van der Waals surface area (Å²) >= 11 is 1.17. The largest absolute Gasteiger partial charge is 0.366 e. The number of amides is 2. The van der Waals surface area contributed by atoms with Crippen LogP contribution in [-0.4, -0.2) is 37.6 Å². The topological polar surface area (TPSA) is 110 Å². The molecule has 1 aliphatic rings. The lowest BCUT2D eigenvalue weighted by atomic mass is 9.98. The highest BCUT2D eigenvalue weighted by molar-refractivity contribution is 7.91. The number of nitrogens with two attached hydrogens (primary N) is 1. The van der Waals surface area contributed by atoms with Gasteiger partial charge >= 0.3 is 0 Å². The van der Waals surface area contributed by atoms with Gasteiger partial charge in [-0.2, -0.15) is 4.31 Å². The third-order valence-electron chi connectivity index (χ3n) is 4.28. The molecule has 1 atom stereocenters. The van der Waals surface area contributed by atoms with Crippen molar-refractivity contribution in [3.63, 3.8) is 0 Å². The number of nitrogens with zero attached hydrogens (tertiary/aromatic N) is 1. The van der Waals surface area contributed by atoms with E-state index >= 15 is 0 Å². The summed E-state index contributed by atoms with van der Waals surface area (Å²) in [7, 11) is -3.55. The number of carbonyl (C=O) groups is 2. The summed E-state index contributed by atoms with van der Waals surface area (Å²) in [5.41, 5.74) is 6.09. The fourth-order valence-corrected chi connectivity index (χ4v) is 5.54. The van der Waals surface area contributed by atoms with Crippen molar-refractivity contribution in [2.24, 2.45) is 11.7 Å². The minimum atomic E-state index is -3.55. The van der Waals surface area contributed by atoms with E-state index in [-0.39, 0.29) is 12.5 Å². The zero-order valence-corrected chi connectivity index (χ0v) is 15.6. The molecule has 138 valence electrons. The van der Waals surface area contributed by atoms with E-state index in [4.69, 9.17) is 5.73 Å². The Kier molecular flexibility index (Phi) is 5.40. The van der Waals surface area contributed by atoms with E-state index in [0.29, 0.717) is 34.8 Å². The highest BCUT2D eigenvalue weighted by atomic mass is 32.2. The number of carbonyl (C=O) groups excluding carboxylic acids is 2. The molecule has 0 radical (unpaired) electrons. The quantitative estimate of drug-likeness (QED) is 0.808. The average Bonchev–Trinajstić information content (AvgIpc) is 3.18. The van der Waals surface area contributed by atoms with Crippen molar-refractivity contribution in [2.45, 2.75) is 17.1 Å². The summed E-state index contributed by atoms with van der Waals surface area (Å²) < 4.78 is 26.9. The zero-order valence-electron chi connectivity index (χ0n) is 13.9. The second-order valence-corrected chi connectivity index (χ2v) is 9.18. The lowest BCUT2D eigenvalue weighted by molar-refractivity contribution is -0.120. The van der Waals surface area contributed by atoms with Gasteiger partial charge in [0.1, 0.15) is 4.21 Å². The molecule has 2 heterocycles. The van der Waals surface area contributed by atoms with Gasteiger partial charge in [0.2, 0.25) is 11.8 Å². The molecule has 1 aliphatic heterocycles. The van der Waals surface area contributed by atoms with Gasteiger partial charge in [-0.25, -0.2) is 8.42 Å². The van der Waals surface area contributed by atoms with E-state index in [1.807, 2.05) is 0 Å². The van der Waals surface area contributed by atoms with Crippen molar-refractivity contribution in [2.75, 3.05) is 18.4 Å². The van der Waals surface area contributed by atoms with Gasteiger partial charge in [0, 0.05) is 24.3 Å². The number of hydrogen-bond acceptors (Lipinski definition) is 5. The lowest BCUT2D eigenvalue weighted by Gasteiger charge is -2.30. The van der Waals surface area contributed by atoms with Gasteiger partial charge in [-0.15, -0.1) is 11.3 Å². The lowest BCUT2D eigenvalue weighted by Crippen LogP contribution is -2.43. The van der Waals surface area contributed by atoms with Gasteiger partial charge in [0.05, 0.1) is 5.92 Å². The third kappa shape index (κ3) is 3.95. The van der Waals surface area contributed by atoms with Crippen LogP contribution < -0.4 is 11.1 Å². The SMILES string of the molecule is NC(=O)c1ccc(NC(=O)[C@@H]2CCCN(S(=O)(=O)c3cccs3)C2)cc1. The first-order chi connectivity index (χ1) is 12.4. The monoisotopic (exact) mass is 393 g/mol. The molecule has 1 aromatic heterocycles. The number of thiophene rings is 1. The fourth-order valence-electron chi connectivity index (χ4n) is 2.87. The molecule has 0 saturated carbocycles. The first-order valence-electron chi connectivity index (χ1n) is 8.12. The number of anilines is 1. The summed E-state index contributed by atoms with van der Waals surface area (Å²) in [6.07, 6.45) is 1.25. The predicted molar refractivity (Wildman–Crippen MR) is 99.4 cm³/mol. The van der Waals surface area contributed by atoms with E-state index in [9.17, 15) is 18.0 Å². The van der Waals surface area contributed by atoms with Crippen LogP contribution in [0.5, 0.6) is 0 Å². The van der Waals surface area contributed by atoms with E-state index in [0.717, 1.165) is 0 Å². The van der Waals surface area contributed by atoms with Crippen molar-refractivity contribution in [1.82, 2.24) is 4.31 Å². The van der Waals surface area contributed by atoms with Crippen molar-refractivity contribution in [3.05, 3.63) is 47.3 Å². The Hall–Kier alpha value is -2.23. The molecule has 2 amide bonds. The third-order valence-corrected chi connectivity index (χ3v) is 7.52. The second kappa shape index (κ2) is 7.56. The van der Waals surface area contributed by atoms with E-state index in [2.05, 4.69) is 5.32 Å². The first-order valence-corrected chi connectivity index (χ1v) is 10.4. The summed E-state index contributed by atoms with van der Waals surface area (Å²) in [5.74, 6) is -1.19. The molecule has 0 spiro atoms. The number of benzene rings is 1. The Labute approximate surface area is 155 Å². The Balaban J connectivity index is 1.67. The molecular weight excluding hydrogens is 374 g/mol. The Morgan fingerprint density at radius 3 is 2.54 bits per heavy atom. The number of sulfonamides is 1. The number of piperidine rings is 1. The van der Waals surface area contributed by atoms with Crippen LogP contribution >= 0.6 is 11.3 Å². The fraction of sp³-hybridized carbons (Fsp3) is 0.294. The predicted octanol–water partition coefficient (Wildman–Crippen LogP) is 1.89. The number of primary amides is 1. The molecule has 7 nitrogen and oxygen atoms in total. The first kappa shape index (κ1) is 18.6. The maximum Gasteiger partial charge on any atom is 0.252 e. The van der Waals surface area contributed by atoms with Crippen LogP contribution in [-0.2, 0) is 14.8 Å². The molecule has 26 heavy (non-hydrogen) atoms. The van der Waals surface area contributed by atoms with Crippen LogP contribution in [0.2, 0.25) is 0 Å². The van der Waals surface area contributed by atoms with Gasteiger partial charge in [-0.05, 0) is 48.6 Å². The van der Waals surface area contributed by atoms with Crippen LogP contribution in [0.1, 0.15) is 23.2 Å². The number of hydrogen-bond donors (Lipinski definition) is 2. The maximum absolute atomic E-state index is 12.6. The molecule has 3 N–H and O–H groups in total. The molecule has 2 aromatic rings. The van der Waals surface area contributed by atoms with E-state index < -0.39 is 21.8 Å². The number of rotatable bonds is 5. The summed E-state index contributed by atoms with van der Waals surface area (Å²) in [5, 5.41) is 4.49. The van der Waals surface area contributed by atoms with Crippen LogP contribution in [0.25, 0.3) is 0 Å². The summed E-state index contributed by atoms with van der Waals surface area (Å²) in [4.78, 5) is 23.6. The summed E-state index contributed by atoms with van der Waals surface area (Å²) in [6.45, 7) is 0.572. The maximum atomic E-state index is 12.6. The van der Waals surface area contributed by atoms with Crippen LogP contribution in [0, 0.1) is 5.92 Å². The molecule has 3 rings (SSSR count). The smallest absolute Gasteiger partial charge is 0.252 e. The van der Waals surface area contributed by atoms with Crippen LogP contribution in [0.3, 0.4) is 0 Å². The van der Waals surface area contributed by atoms with Gasteiger partial charge < -0.3 is 11.1 Å². The Morgan fingerprint density at radius 2 is 1.92 bits per heavy atom. The van der Waals surface area contributed by atoms with Gasteiger partial charge in [0.25, 0.3) is 10.0 Å². The highest BCUT2D eigenvalue weighted by Gasteiger charge is 2.33. The van der Waals surface area contributed by atoms with Gasteiger partial charge in [0.15, 0.2) is 0 Å². The molecule has 1 saturated heterocycles. The van der Waals surface area contributed by atoms with Crippen LogP contribution in [0.4, 0.5) is 5.69 Å². The standard InChI is InChI=1S/C17H19N3O4S2/c18-16(21)12-5-7-14(8-6-12)19-17(22)13-3-1-9-20(11-13)26(23,24)15-4-2-10-25-15/h2,4-8,10,13H,1,3,9,11H2,(H2,18,21)(H,19,22)/t13-/m1/s1. The highest BCUT2D eigenvalue weighted by Crippen LogP contribution is 2.27. The molecule has 9 heteroatoms. The normalized spacial score (nSPS) is 18.4. The van der Waals surface area contributed by atoms with Crippen molar-refractivity contribution < 1.29 is 18.0 Å². The summed E-state index contributed by atoms with van der Waals surface area (Å²) in [6, 6.07) is 9.53. The van der Waals surface area contributed by atoms with Crippen molar-refractivity contribution in [1.29, 1.82) is 0 Å². The minimum Gasteiger partial charge on any atom is -0.366 e. The van der Waals surface area contributed by atoms with Crippen LogP contribution in [0.15, 0.2) is 46.0 Å². The zero-order chi connectivity index (χ0) is 18.7. The molecule has 0 aliphatic carbocycles. The molecule has 1 aromatic carbocycles.